The molecule has 0 radical (unpaired) electrons. The van der Waals surface area contributed by atoms with E-state index in [0.29, 0.717) is 38.4 Å². The predicted octanol–water partition coefficient (Wildman–Crippen LogP) is 0.250. The summed E-state index contributed by atoms with van der Waals surface area (Å²) < 4.78 is 0. The summed E-state index contributed by atoms with van der Waals surface area (Å²) in [6.45, 7) is 7.48. The van der Waals surface area contributed by atoms with Gasteiger partial charge in [0, 0.05) is 25.4 Å². The molecular formula is C12H25N3O2. The maximum Gasteiger partial charge on any atom is 0.222 e. The number of nitrogens with one attached hydrogen (secondary N) is 2. The highest BCUT2D eigenvalue weighted by molar-refractivity contribution is 5.80. The Bertz CT molecular complexity index is 242. The molecule has 0 aromatic heterocycles. The van der Waals surface area contributed by atoms with Gasteiger partial charge >= 0.3 is 0 Å². The molecule has 0 heterocycles. The summed E-state index contributed by atoms with van der Waals surface area (Å²) in [6.07, 6.45) is 0.999. The molecule has 0 aliphatic rings. The lowest BCUT2D eigenvalue weighted by atomic mass is 10.1. The molecule has 2 amide bonds. The van der Waals surface area contributed by atoms with Crippen LogP contribution in [0.2, 0.25) is 0 Å². The molecule has 5 nitrogen and oxygen atoms in total. The predicted molar refractivity (Wildman–Crippen MR) is 68.3 cm³/mol. The fraction of sp³-hybridized carbons (Fsp3) is 0.833. The van der Waals surface area contributed by atoms with Crippen LogP contribution in [0.3, 0.4) is 0 Å². The van der Waals surface area contributed by atoms with Gasteiger partial charge in [0.2, 0.25) is 11.8 Å². The van der Waals surface area contributed by atoms with Crippen molar-refractivity contribution in [1.82, 2.24) is 10.6 Å². The van der Waals surface area contributed by atoms with Gasteiger partial charge in [0.05, 0.1) is 0 Å². The van der Waals surface area contributed by atoms with Crippen molar-refractivity contribution in [1.29, 1.82) is 0 Å². The highest BCUT2D eigenvalue weighted by Gasteiger charge is 2.11. The summed E-state index contributed by atoms with van der Waals surface area (Å²) in [7, 11) is 0. The molecule has 100 valence electrons. The molecule has 4 N–H and O–H groups in total. The van der Waals surface area contributed by atoms with Crippen molar-refractivity contribution >= 4 is 11.8 Å². The quantitative estimate of drug-likeness (QED) is 0.571. The first-order valence-corrected chi connectivity index (χ1v) is 6.21. The molecule has 0 rings (SSSR count). The van der Waals surface area contributed by atoms with E-state index in [-0.39, 0.29) is 17.7 Å². The van der Waals surface area contributed by atoms with Crippen LogP contribution < -0.4 is 16.4 Å². The average Bonchev–Trinajstić information content (AvgIpc) is 2.26. The minimum absolute atomic E-state index is 0.0227. The Hall–Kier alpha value is -1.10. The lowest BCUT2D eigenvalue weighted by molar-refractivity contribution is -0.125. The summed E-state index contributed by atoms with van der Waals surface area (Å²) in [5.74, 6) is 0.300. The highest BCUT2D eigenvalue weighted by Crippen LogP contribution is 1.99. The van der Waals surface area contributed by atoms with Gasteiger partial charge in [-0.3, -0.25) is 9.59 Å². The molecule has 0 spiro atoms. The zero-order chi connectivity index (χ0) is 13.3. The van der Waals surface area contributed by atoms with Gasteiger partial charge in [0.15, 0.2) is 0 Å². The van der Waals surface area contributed by atoms with Crippen LogP contribution in [0.1, 0.15) is 33.6 Å². The fourth-order valence-corrected chi connectivity index (χ4v) is 1.26. The van der Waals surface area contributed by atoms with E-state index in [1.54, 1.807) is 0 Å². The largest absolute Gasteiger partial charge is 0.356 e. The third kappa shape index (κ3) is 8.68. The van der Waals surface area contributed by atoms with Crippen molar-refractivity contribution in [3.05, 3.63) is 0 Å². The zero-order valence-electron chi connectivity index (χ0n) is 11.1. The first kappa shape index (κ1) is 15.9. The Balaban J connectivity index is 3.62. The molecule has 5 heteroatoms. The van der Waals surface area contributed by atoms with Gasteiger partial charge in [-0.05, 0) is 18.9 Å². The molecule has 0 aromatic rings. The molecule has 17 heavy (non-hydrogen) atoms. The van der Waals surface area contributed by atoms with Crippen molar-refractivity contribution in [2.75, 3.05) is 19.6 Å². The highest BCUT2D eigenvalue weighted by atomic mass is 16.2. The molecule has 0 saturated carbocycles. The number of carbonyl (C=O) groups excluding carboxylic acids is 2. The smallest absolute Gasteiger partial charge is 0.222 e. The Morgan fingerprint density at radius 2 is 1.82 bits per heavy atom. The van der Waals surface area contributed by atoms with Crippen molar-refractivity contribution in [3.8, 4) is 0 Å². The van der Waals surface area contributed by atoms with Crippen LogP contribution in [0.15, 0.2) is 0 Å². The van der Waals surface area contributed by atoms with Gasteiger partial charge in [-0.2, -0.15) is 0 Å². The second-order valence-corrected chi connectivity index (χ2v) is 4.72. The van der Waals surface area contributed by atoms with E-state index in [9.17, 15) is 9.59 Å². The summed E-state index contributed by atoms with van der Waals surface area (Å²) in [6, 6.07) is 0. The molecule has 0 aromatic carbocycles. The topological polar surface area (TPSA) is 84.2 Å². The van der Waals surface area contributed by atoms with E-state index in [0.717, 1.165) is 0 Å². The van der Waals surface area contributed by atoms with Gasteiger partial charge in [-0.25, -0.2) is 0 Å². The number of nitrogens with two attached hydrogens (primary N) is 1. The van der Waals surface area contributed by atoms with E-state index in [4.69, 9.17) is 5.73 Å². The third-order valence-corrected chi connectivity index (χ3v) is 2.41. The van der Waals surface area contributed by atoms with Crippen molar-refractivity contribution in [2.24, 2.45) is 17.6 Å². The molecule has 0 fully saturated rings. The summed E-state index contributed by atoms with van der Waals surface area (Å²) in [5, 5.41) is 5.53. The van der Waals surface area contributed by atoms with Crippen LogP contribution in [0.25, 0.3) is 0 Å². The number of hydrogen-bond acceptors (Lipinski definition) is 3. The zero-order valence-corrected chi connectivity index (χ0v) is 11.1. The summed E-state index contributed by atoms with van der Waals surface area (Å²) in [4.78, 5) is 22.8. The van der Waals surface area contributed by atoms with Crippen LogP contribution in [-0.4, -0.2) is 31.4 Å². The SMILES string of the molecule is CC(C)CNC(=O)CCNC(=O)C(C)CCN. The second-order valence-electron chi connectivity index (χ2n) is 4.72. The summed E-state index contributed by atoms with van der Waals surface area (Å²) >= 11 is 0. The van der Waals surface area contributed by atoms with E-state index in [1.165, 1.54) is 0 Å². The van der Waals surface area contributed by atoms with E-state index in [2.05, 4.69) is 10.6 Å². The number of carbonyl (C=O) groups is 2. The minimum atomic E-state index is -0.0845. The summed E-state index contributed by atoms with van der Waals surface area (Å²) in [5.41, 5.74) is 5.37. The van der Waals surface area contributed by atoms with Crippen LogP contribution in [0, 0.1) is 11.8 Å². The van der Waals surface area contributed by atoms with Gasteiger partial charge in [0.25, 0.3) is 0 Å². The molecular weight excluding hydrogens is 218 g/mol. The van der Waals surface area contributed by atoms with E-state index in [1.807, 2.05) is 20.8 Å². The van der Waals surface area contributed by atoms with Crippen molar-refractivity contribution in [2.45, 2.75) is 33.6 Å². The Morgan fingerprint density at radius 3 is 2.35 bits per heavy atom. The van der Waals surface area contributed by atoms with E-state index >= 15 is 0 Å². The standard InChI is InChI=1S/C12H25N3O2/c1-9(2)8-15-11(16)5-7-14-12(17)10(3)4-6-13/h9-10H,4-8,13H2,1-3H3,(H,14,17)(H,15,16). The number of hydrogen-bond donors (Lipinski definition) is 3. The molecule has 1 atom stereocenters. The maximum atomic E-state index is 11.5. The monoisotopic (exact) mass is 243 g/mol. The molecule has 1 unspecified atom stereocenters. The maximum absolute atomic E-state index is 11.5. The lowest BCUT2D eigenvalue weighted by Gasteiger charge is -2.11. The van der Waals surface area contributed by atoms with Crippen LogP contribution >= 0.6 is 0 Å². The average molecular weight is 243 g/mol. The Morgan fingerprint density at radius 1 is 1.18 bits per heavy atom. The van der Waals surface area contributed by atoms with Gasteiger partial charge < -0.3 is 16.4 Å². The van der Waals surface area contributed by atoms with Gasteiger partial charge in [-0.15, -0.1) is 0 Å². The molecule has 0 aliphatic heterocycles. The van der Waals surface area contributed by atoms with Gasteiger partial charge in [0.1, 0.15) is 0 Å². The minimum Gasteiger partial charge on any atom is -0.356 e. The normalized spacial score (nSPS) is 12.3. The first-order chi connectivity index (χ1) is 7.97. The number of amides is 2. The Labute approximate surface area is 104 Å². The van der Waals surface area contributed by atoms with Crippen molar-refractivity contribution < 1.29 is 9.59 Å². The third-order valence-electron chi connectivity index (χ3n) is 2.41. The van der Waals surface area contributed by atoms with Crippen LogP contribution in [0.4, 0.5) is 0 Å². The van der Waals surface area contributed by atoms with Gasteiger partial charge in [-0.1, -0.05) is 20.8 Å². The van der Waals surface area contributed by atoms with Crippen LogP contribution in [-0.2, 0) is 9.59 Å². The van der Waals surface area contributed by atoms with E-state index < -0.39 is 0 Å². The lowest BCUT2D eigenvalue weighted by Crippen LogP contribution is -2.35. The fourth-order valence-electron chi connectivity index (χ4n) is 1.26. The first-order valence-electron chi connectivity index (χ1n) is 6.21. The molecule has 0 aliphatic carbocycles. The molecule has 0 saturated heterocycles. The molecule has 0 bridgehead atoms. The van der Waals surface area contributed by atoms with Crippen LogP contribution in [0.5, 0.6) is 0 Å². The number of rotatable bonds is 8. The Kier molecular flexibility index (Phi) is 8.40. The van der Waals surface area contributed by atoms with Crippen molar-refractivity contribution in [3.63, 3.8) is 0 Å². The second kappa shape index (κ2) is 8.98.